The zero-order valence-electron chi connectivity index (χ0n) is 47.9. The molecule has 0 unspecified atom stereocenters. The lowest BCUT2D eigenvalue weighted by Crippen LogP contribution is -2.78. The van der Waals surface area contributed by atoms with Gasteiger partial charge in [-0.2, -0.15) is 0 Å². The van der Waals surface area contributed by atoms with Gasteiger partial charge in [0, 0.05) is 56.3 Å². The van der Waals surface area contributed by atoms with Crippen LogP contribution in [0.15, 0.2) is 83.0 Å². The van der Waals surface area contributed by atoms with E-state index < -0.39 is 146 Å². The summed E-state index contributed by atoms with van der Waals surface area (Å²) in [5.74, 6) is -8.13. The number of hydrogen-bond donors (Lipinski definition) is 7. The number of aliphatic hydroxyl groups is 7. The molecule has 10 rings (SSSR count). The molecule has 8 aliphatic rings. The first-order valence-electron chi connectivity index (χ1n) is 28.1. The third kappa shape index (κ3) is 8.63. The van der Waals surface area contributed by atoms with Gasteiger partial charge in [-0.15, -0.1) is 0 Å². The highest BCUT2D eigenvalue weighted by Gasteiger charge is 2.79. The van der Waals surface area contributed by atoms with Crippen molar-refractivity contribution in [2.75, 3.05) is 0 Å². The molecule has 8 aliphatic carbocycles. The molecule has 2 aromatic carbocycles. The number of fused-ring (bicyclic) bond motifs is 10. The van der Waals surface area contributed by atoms with E-state index in [9.17, 15) is 69.3 Å². The summed E-state index contributed by atoms with van der Waals surface area (Å²) >= 11 is 0. The molecule has 6 fully saturated rings. The molecule has 0 spiro atoms. The highest BCUT2D eigenvalue weighted by atomic mass is 16.6. The number of hydrogen-bond acceptors (Lipinski definition) is 19. The van der Waals surface area contributed by atoms with Crippen molar-refractivity contribution in [3.63, 3.8) is 0 Å². The molecular formula is C62H78O19. The number of ether oxygens (including phenoxy) is 5. The van der Waals surface area contributed by atoms with E-state index in [1.54, 1.807) is 102 Å². The van der Waals surface area contributed by atoms with Crippen molar-refractivity contribution in [2.24, 2.45) is 45.3 Å². The Morgan fingerprint density at radius 1 is 0.519 bits per heavy atom. The largest absolute Gasteiger partial charge is 0.458 e. The van der Waals surface area contributed by atoms with Gasteiger partial charge in [-0.1, -0.05) is 64.1 Å². The van der Waals surface area contributed by atoms with Gasteiger partial charge in [0.05, 0.1) is 58.2 Å². The number of aliphatic hydroxyl groups excluding tert-OH is 5. The summed E-state index contributed by atoms with van der Waals surface area (Å²) in [6.07, 6.45) is -9.90. The van der Waals surface area contributed by atoms with Crippen LogP contribution < -0.4 is 0 Å². The molecule has 0 radical (unpaired) electrons. The fourth-order valence-corrected chi connectivity index (χ4v) is 16.7. The number of benzene rings is 2. The van der Waals surface area contributed by atoms with E-state index in [1.807, 2.05) is 0 Å². The highest BCUT2D eigenvalue weighted by Crippen LogP contribution is 2.69. The van der Waals surface area contributed by atoms with Crippen molar-refractivity contribution in [3.05, 3.63) is 94.1 Å². The first kappa shape index (κ1) is 59.9. The Labute approximate surface area is 471 Å². The molecule has 18 atom stereocenters. The Hall–Kier alpha value is -5.67. The van der Waals surface area contributed by atoms with Gasteiger partial charge >= 0.3 is 29.8 Å². The molecule has 19 nitrogen and oxygen atoms in total. The molecule has 0 aromatic heterocycles. The lowest BCUT2D eigenvalue weighted by molar-refractivity contribution is -0.296. The van der Waals surface area contributed by atoms with Gasteiger partial charge in [0.15, 0.2) is 17.7 Å². The summed E-state index contributed by atoms with van der Waals surface area (Å²) in [6, 6.07) is 16.3. The lowest BCUT2D eigenvalue weighted by Gasteiger charge is -2.68. The van der Waals surface area contributed by atoms with Crippen LogP contribution >= 0.6 is 0 Å². The summed E-state index contributed by atoms with van der Waals surface area (Å²) < 4.78 is 30.1. The summed E-state index contributed by atoms with van der Waals surface area (Å²) in [5, 5.41) is 82.9. The van der Waals surface area contributed by atoms with Crippen LogP contribution in [0.1, 0.15) is 148 Å². The van der Waals surface area contributed by atoms with Gasteiger partial charge in [0.2, 0.25) is 0 Å². The smallest absolute Gasteiger partial charge is 0.338 e. The van der Waals surface area contributed by atoms with E-state index in [1.165, 1.54) is 27.7 Å². The van der Waals surface area contributed by atoms with Crippen molar-refractivity contribution in [3.8, 4) is 0 Å². The molecule has 0 saturated heterocycles. The molecule has 440 valence electrons. The van der Waals surface area contributed by atoms with Crippen LogP contribution in [0.5, 0.6) is 0 Å². The maximum absolute atomic E-state index is 14.8. The minimum atomic E-state index is -2.05. The first-order chi connectivity index (χ1) is 37.6. The molecule has 2 aromatic rings. The van der Waals surface area contributed by atoms with Crippen molar-refractivity contribution >= 4 is 41.4 Å². The number of rotatable bonds is 7. The Bertz CT molecular complexity index is 2980. The summed E-state index contributed by atoms with van der Waals surface area (Å²) in [7, 11) is 0. The lowest BCUT2D eigenvalue weighted by atomic mass is 9.41. The quantitative estimate of drug-likeness (QED) is 0.112. The van der Waals surface area contributed by atoms with Gasteiger partial charge in [0.25, 0.3) is 0 Å². The fourth-order valence-electron chi connectivity index (χ4n) is 16.7. The fraction of sp³-hybridized carbons (Fsp3) is 0.629. The van der Waals surface area contributed by atoms with Crippen LogP contribution in [0.25, 0.3) is 0 Å². The minimum Gasteiger partial charge on any atom is -0.458 e. The van der Waals surface area contributed by atoms with E-state index in [4.69, 9.17) is 23.7 Å². The van der Waals surface area contributed by atoms with Crippen LogP contribution in [-0.2, 0) is 47.7 Å². The molecule has 7 N–H and O–H groups in total. The Morgan fingerprint density at radius 3 is 1.25 bits per heavy atom. The van der Waals surface area contributed by atoms with Crippen molar-refractivity contribution < 1.29 is 93.0 Å². The zero-order chi connectivity index (χ0) is 59.7. The van der Waals surface area contributed by atoms with E-state index in [2.05, 4.69) is 0 Å². The topological polar surface area (TPSA) is 307 Å². The van der Waals surface area contributed by atoms with Gasteiger partial charge in [-0.3, -0.25) is 24.0 Å². The Kier molecular flexibility index (Phi) is 15.0. The van der Waals surface area contributed by atoms with Crippen LogP contribution in [0, 0.1) is 45.3 Å². The second kappa shape index (κ2) is 20.3. The van der Waals surface area contributed by atoms with Crippen molar-refractivity contribution in [2.45, 2.75) is 199 Å². The number of carbonyl (C=O) groups is 7. The maximum Gasteiger partial charge on any atom is 0.338 e. The molecular weight excluding hydrogens is 1050 g/mol. The predicted octanol–water partition coefficient (Wildman–Crippen LogP) is 4.76. The van der Waals surface area contributed by atoms with E-state index in [0.717, 1.165) is 6.92 Å². The molecule has 81 heavy (non-hydrogen) atoms. The van der Waals surface area contributed by atoms with E-state index >= 15 is 0 Å². The third-order valence-corrected chi connectivity index (χ3v) is 21.3. The van der Waals surface area contributed by atoms with Gasteiger partial charge in [-0.05, 0) is 113 Å². The minimum absolute atomic E-state index is 0.112. The standard InChI is InChI=1S/C32H40O10.C30H38O9/c1-16-21(35)15-32(39)27(41-28(38)19-10-8-7-9-11-19)25-30(6,22(36)14-20-12-13-31(20,25)42-18(3)34)26(37)24(40-17(2)33)23(16)29(32,4)5;1-15-19(32)14-30(37)25(38-26(36)17-9-7-6-8-10-17)23-28(5,24(35)22(34)21(15)27(30,3)4)20(33)13-18-11-12-29(18,23)39-16(2)31/h7-11,20-22,24-25,27,35-36,39H,12-15H2,1-6H3;6-10,18-20,22-23,25,32-34,37H,11-14H2,1-5H3/t20-,21+,22+,24-,25+,27+,30-,31+,32-;18-,19+,20+,22-,23+,25+,28-,29+,30-/m11/s1. The predicted molar refractivity (Wildman–Crippen MR) is 286 cm³/mol. The number of carbonyl (C=O) groups excluding carboxylic acids is 7. The normalized spacial score (nSPS) is 41.5. The first-order valence-corrected chi connectivity index (χ1v) is 28.1. The summed E-state index contributed by atoms with van der Waals surface area (Å²) in [6.45, 7) is 16.5. The van der Waals surface area contributed by atoms with Crippen LogP contribution in [0.2, 0.25) is 0 Å². The monoisotopic (exact) mass is 1130 g/mol. The van der Waals surface area contributed by atoms with Gasteiger partial charge < -0.3 is 59.4 Å². The summed E-state index contributed by atoms with van der Waals surface area (Å²) in [5.41, 5.74) is -11.7. The van der Waals surface area contributed by atoms with E-state index in [-0.39, 0.29) is 59.8 Å². The second-order valence-corrected chi connectivity index (χ2v) is 25.8. The van der Waals surface area contributed by atoms with Crippen molar-refractivity contribution in [1.29, 1.82) is 0 Å². The third-order valence-electron chi connectivity index (χ3n) is 21.3. The second-order valence-electron chi connectivity index (χ2n) is 25.8. The number of esters is 5. The molecule has 19 heteroatoms. The van der Waals surface area contributed by atoms with E-state index in [0.29, 0.717) is 36.8 Å². The average Bonchev–Trinajstić information content (AvgIpc) is 3.39. The maximum atomic E-state index is 14.8. The Morgan fingerprint density at radius 2 is 0.889 bits per heavy atom. The van der Waals surface area contributed by atoms with Crippen LogP contribution in [0.3, 0.4) is 0 Å². The SMILES string of the molecule is CC(=O)O[C@@]12CC[C@@H]1C[C@H](O)[C@@]1(C)C(=O)[C@H](O)C3=C(C)[C@@H](O)C[C@@](O)([C@@H](OC(=O)c4ccccc4)[C@H]21)C3(C)C.CC(=O)O[C@H]1C(=O)[C@@]2(C)[C@H]([C@H](OC(=O)c3ccccc3)[C@]3(O)C[C@H](O)C(C)=C1C3(C)C)[C@]1(OC(C)=O)CC[C@@H]1C[C@@H]2O. The van der Waals surface area contributed by atoms with Gasteiger partial charge in [0.1, 0.15) is 40.7 Å². The van der Waals surface area contributed by atoms with Crippen LogP contribution in [0.4, 0.5) is 0 Å². The summed E-state index contributed by atoms with van der Waals surface area (Å²) in [4.78, 5) is 94.0. The number of ketones is 2. The van der Waals surface area contributed by atoms with Crippen molar-refractivity contribution in [1.82, 2.24) is 0 Å². The Balaban J connectivity index is 0.000000196. The molecule has 0 heterocycles. The molecule has 4 bridgehead atoms. The number of Topliss-reactive ketones (excluding diaryl/α,β-unsaturated/α-hetero) is 2. The highest BCUT2D eigenvalue weighted by molar-refractivity contribution is 5.96. The molecule has 6 saturated carbocycles. The average molecular weight is 1130 g/mol. The van der Waals surface area contributed by atoms with Crippen LogP contribution in [-0.4, -0.2) is 148 Å². The zero-order valence-corrected chi connectivity index (χ0v) is 47.9. The molecule has 0 amide bonds. The van der Waals surface area contributed by atoms with Gasteiger partial charge in [-0.25, -0.2) is 9.59 Å². The molecule has 0 aliphatic heterocycles.